The highest BCUT2D eigenvalue weighted by Gasteiger charge is 2.11. The predicted molar refractivity (Wildman–Crippen MR) is 66.7 cm³/mol. The summed E-state index contributed by atoms with van der Waals surface area (Å²) < 4.78 is 39.8. The molecule has 1 N–H and O–H groups in total. The lowest BCUT2D eigenvalue weighted by atomic mass is 10.2. The highest BCUT2D eigenvalue weighted by molar-refractivity contribution is 5.52. The van der Waals surface area contributed by atoms with Crippen LogP contribution in [0.4, 0.5) is 24.5 Å². The van der Waals surface area contributed by atoms with Gasteiger partial charge in [-0.15, -0.1) is 0 Å². The molecule has 2 aromatic carbocycles. The number of nitro groups is 1. The molecule has 0 amide bonds. The van der Waals surface area contributed by atoms with Crippen LogP contribution in [0.25, 0.3) is 0 Å². The van der Waals surface area contributed by atoms with E-state index in [4.69, 9.17) is 0 Å². The molecular formula is C13H9F3N2O2. The van der Waals surface area contributed by atoms with Crippen LogP contribution >= 0.6 is 0 Å². The maximum Gasteiger partial charge on any atom is 0.271 e. The number of nitrogens with one attached hydrogen (secondary N) is 1. The second kappa shape index (κ2) is 5.60. The Labute approximate surface area is 112 Å². The lowest BCUT2D eigenvalue weighted by Crippen LogP contribution is -2.04. The van der Waals surface area contributed by atoms with Crippen molar-refractivity contribution in [2.75, 3.05) is 5.32 Å². The van der Waals surface area contributed by atoms with Crippen LogP contribution in [0.15, 0.2) is 36.4 Å². The third-order valence-electron chi connectivity index (χ3n) is 2.64. The molecule has 104 valence electrons. The molecule has 7 heteroatoms. The summed E-state index contributed by atoms with van der Waals surface area (Å²) in [5.74, 6) is -1.99. The summed E-state index contributed by atoms with van der Waals surface area (Å²) in [4.78, 5) is 9.91. The molecule has 0 unspecified atom stereocenters. The van der Waals surface area contributed by atoms with Crippen LogP contribution in [0.2, 0.25) is 0 Å². The highest BCUT2D eigenvalue weighted by atomic mass is 19.1. The van der Waals surface area contributed by atoms with Gasteiger partial charge in [0, 0.05) is 24.2 Å². The molecular weight excluding hydrogens is 273 g/mol. The first-order valence-electron chi connectivity index (χ1n) is 5.59. The Morgan fingerprint density at radius 3 is 2.45 bits per heavy atom. The van der Waals surface area contributed by atoms with E-state index in [0.717, 1.165) is 36.4 Å². The van der Waals surface area contributed by atoms with Crippen molar-refractivity contribution in [2.45, 2.75) is 6.54 Å². The maximum absolute atomic E-state index is 13.5. The van der Waals surface area contributed by atoms with Gasteiger partial charge in [0.1, 0.15) is 17.5 Å². The van der Waals surface area contributed by atoms with Gasteiger partial charge in [-0.25, -0.2) is 13.2 Å². The average molecular weight is 282 g/mol. The Kier molecular flexibility index (Phi) is 3.88. The third-order valence-corrected chi connectivity index (χ3v) is 2.64. The maximum atomic E-state index is 13.5. The molecule has 0 saturated heterocycles. The van der Waals surface area contributed by atoms with Gasteiger partial charge >= 0.3 is 0 Å². The second-order valence-corrected chi connectivity index (χ2v) is 4.01. The van der Waals surface area contributed by atoms with Crippen molar-refractivity contribution in [3.8, 4) is 0 Å². The van der Waals surface area contributed by atoms with Gasteiger partial charge in [-0.2, -0.15) is 0 Å². The van der Waals surface area contributed by atoms with Crippen LogP contribution in [0, 0.1) is 27.6 Å². The zero-order chi connectivity index (χ0) is 14.7. The van der Waals surface area contributed by atoms with Crippen molar-refractivity contribution in [1.82, 2.24) is 0 Å². The van der Waals surface area contributed by atoms with Gasteiger partial charge in [-0.05, 0) is 24.3 Å². The number of hydrogen-bond acceptors (Lipinski definition) is 3. The van der Waals surface area contributed by atoms with E-state index in [2.05, 4.69) is 5.32 Å². The molecule has 2 aromatic rings. The molecule has 0 aliphatic carbocycles. The fourth-order valence-corrected chi connectivity index (χ4v) is 1.63. The molecule has 4 nitrogen and oxygen atoms in total. The van der Waals surface area contributed by atoms with Crippen molar-refractivity contribution in [1.29, 1.82) is 0 Å². The number of nitro benzene ring substituents is 1. The van der Waals surface area contributed by atoms with Gasteiger partial charge < -0.3 is 5.32 Å². The first kappa shape index (κ1) is 13.9. The van der Waals surface area contributed by atoms with E-state index in [1.807, 2.05) is 0 Å². The van der Waals surface area contributed by atoms with E-state index in [0.29, 0.717) is 0 Å². The first-order valence-corrected chi connectivity index (χ1v) is 5.59. The molecule has 0 aromatic heterocycles. The second-order valence-electron chi connectivity index (χ2n) is 4.01. The molecule has 20 heavy (non-hydrogen) atoms. The van der Waals surface area contributed by atoms with Crippen LogP contribution in [-0.4, -0.2) is 4.92 Å². The van der Waals surface area contributed by atoms with E-state index < -0.39 is 22.4 Å². The third kappa shape index (κ3) is 3.05. The number of hydrogen-bond donors (Lipinski definition) is 1. The summed E-state index contributed by atoms with van der Waals surface area (Å²) in [5.41, 5.74) is -0.451. The summed E-state index contributed by atoms with van der Waals surface area (Å²) in [6, 6.07) is 5.83. The molecule has 0 bridgehead atoms. The Balaban J connectivity index is 2.20. The number of benzene rings is 2. The fourth-order valence-electron chi connectivity index (χ4n) is 1.63. The zero-order valence-electron chi connectivity index (χ0n) is 10.1. The van der Waals surface area contributed by atoms with Gasteiger partial charge in [-0.3, -0.25) is 10.1 Å². The van der Waals surface area contributed by atoms with Crippen LogP contribution in [0.3, 0.4) is 0 Å². The molecule has 0 atom stereocenters. The van der Waals surface area contributed by atoms with Crippen molar-refractivity contribution in [3.63, 3.8) is 0 Å². The topological polar surface area (TPSA) is 55.2 Å². The van der Waals surface area contributed by atoms with E-state index in [1.54, 1.807) is 0 Å². The van der Waals surface area contributed by atoms with Crippen molar-refractivity contribution in [2.24, 2.45) is 0 Å². The molecule has 0 aliphatic rings. The summed E-state index contributed by atoms with van der Waals surface area (Å²) in [6.07, 6.45) is 0. The highest BCUT2D eigenvalue weighted by Crippen LogP contribution is 2.22. The van der Waals surface area contributed by atoms with Crippen molar-refractivity contribution in [3.05, 3.63) is 69.5 Å². The van der Waals surface area contributed by atoms with Gasteiger partial charge in [-0.1, -0.05) is 0 Å². The van der Waals surface area contributed by atoms with Crippen LogP contribution in [0.1, 0.15) is 5.56 Å². The monoisotopic (exact) mass is 282 g/mol. The molecule has 0 radical (unpaired) electrons. The largest absolute Gasteiger partial charge is 0.378 e. The molecule has 0 fully saturated rings. The number of anilines is 1. The van der Waals surface area contributed by atoms with E-state index in [-0.39, 0.29) is 23.5 Å². The van der Waals surface area contributed by atoms with Gasteiger partial charge in [0.15, 0.2) is 0 Å². The van der Waals surface area contributed by atoms with Gasteiger partial charge in [0.25, 0.3) is 5.69 Å². The Morgan fingerprint density at radius 1 is 1.05 bits per heavy atom. The molecule has 2 rings (SSSR count). The van der Waals surface area contributed by atoms with Crippen molar-refractivity contribution < 1.29 is 18.1 Å². The molecule has 0 aliphatic heterocycles. The smallest absolute Gasteiger partial charge is 0.271 e. The van der Waals surface area contributed by atoms with Crippen LogP contribution in [0.5, 0.6) is 0 Å². The number of non-ortho nitro benzene ring substituents is 1. The number of halogens is 3. The summed E-state index contributed by atoms with van der Waals surface area (Å²) >= 11 is 0. The molecule has 0 heterocycles. The Morgan fingerprint density at radius 2 is 1.75 bits per heavy atom. The molecule has 0 saturated carbocycles. The lowest BCUT2D eigenvalue weighted by molar-refractivity contribution is -0.384. The molecule has 0 spiro atoms. The number of rotatable bonds is 4. The van der Waals surface area contributed by atoms with E-state index in [9.17, 15) is 23.3 Å². The normalized spacial score (nSPS) is 10.3. The van der Waals surface area contributed by atoms with Crippen molar-refractivity contribution >= 4 is 11.4 Å². The Hall–Kier alpha value is -2.57. The summed E-state index contributed by atoms with van der Waals surface area (Å²) in [5, 5.41) is 13.1. The SMILES string of the molecule is O=[N+]([O-])c1ccc(F)c(NCc2cc(F)ccc2F)c1. The predicted octanol–water partition coefficient (Wildman–Crippen LogP) is 3.62. The summed E-state index contributed by atoms with van der Waals surface area (Å²) in [6.45, 7) is -0.193. The fraction of sp³-hybridized carbons (Fsp3) is 0.0769. The van der Waals surface area contributed by atoms with Gasteiger partial charge in [0.2, 0.25) is 0 Å². The minimum atomic E-state index is -0.715. The average Bonchev–Trinajstić information content (AvgIpc) is 2.41. The van der Waals surface area contributed by atoms with Crippen LogP contribution < -0.4 is 5.32 Å². The minimum absolute atomic E-state index is 0.00379. The van der Waals surface area contributed by atoms with Gasteiger partial charge in [0.05, 0.1) is 10.6 Å². The zero-order valence-corrected chi connectivity index (χ0v) is 10.1. The van der Waals surface area contributed by atoms with E-state index in [1.165, 1.54) is 0 Å². The number of nitrogens with zero attached hydrogens (tertiary/aromatic N) is 1. The lowest BCUT2D eigenvalue weighted by Gasteiger charge is -2.08. The standard InChI is InChI=1S/C13H9F3N2O2/c14-9-1-3-11(15)8(5-9)7-17-13-6-10(18(19)20)2-4-12(13)16/h1-6,17H,7H2. The Bertz CT molecular complexity index is 662. The minimum Gasteiger partial charge on any atom is -0.378 e. The quantitative estimate of drug-likeness (QED) is 0.688. The first-order chi connectivity index (χ1) is 9.47. The summed E-state index contributed by atoms with van der Waals surface area (Å²) in [7, 11) is 0. The van der Waals surface area contributed by atoms with Crippen LogP contribution in [-0.2, 0) is 6.54 Å². The van der Waals surface area contributed by atoms with E-state index >= 15 is 0 Å².